The number of nitrogens with zero attached hydrogens (tertiary/aromatic N) is 1. The Bertz CT molecular complexity index is 1320. The normalized spacial score (nSPS) is 17.1. The van der Waals surface area contributed by atoms with E-state index in [2.05, 4.69) is 10.6 Å². The lowest BCUT2D eigenvalue weighted by Gasteiger charge is -2.32. The van der Waals surface area contributed by atoms with Gasteiger partial charge in [0.25, 0.3) is 11.7 Å². The van der Waals surface area contributed by atoms with Gasteiger partial charge in [-0.2, -0.15) is 13.2 Å². The van der Waals surface area contributed by atoms with Crippen LogP contribution in [-0.4, -0.2) is 70.3 Å². The summed E-state index contributed by atoms with van der Waals surface area (Å²) in [7, 11) is 0. The van der Waals surface area contributed by atoms with Gasteiger partial charge in [-0.25, -0.2) is 4.79 Å². The van der Waals surface area contributed by atoms with Crippen molar-refractivity contribution in [1.82, 2.24) is 15.5 Å². The maximum Gasteiger partial charge on any atom is 0.452 e. The van der Waals surface area contributed by atoms with E-state index >= 15 is 0 Å². The molecule has 3 atom stereocenters. The van der Waals surface area contributed by atoms with Gasteiger partial charge in [-0.15, -0.1) is 0 Å². The van der Waals surface area contributed by atoms with Crippen LogP contribution in [0.5, 0.6) is 0 Å². The molecule has 3 amide bonds. The number of Topliss-reactive ketones (excluding diaryl/α,β-unsaturated/α-hetero) is 1. The molecular weight excluding hydrogens is 531 g/mol. The number of carbonyl (C=O) groups is 5. The third-order valence-electron chi connectivity index (χ3n) is 6.95. The number of carbonyl (C=O) groups excluding carboxylic acids is 4. The van der Waals surface area contributed by atoms with Crippen molar-refractivity contribution >= 4 is 40.2 Å². The summed E-state index contributed by atoms with van der Waals surface area (Å²) in [5.74, 6) is -7.07. The van der Waals surface area contributed by atoms with E-state index in [1.165, 1.54) is 30.9 Å². The Labute approximate surface area is 229 Å². The van der Waals surface area contributed by atoms with Gasteiger partial charge >= 0.3 is 12.1 Å². The zero-order chi connectivity index (χ0) is 29.9. The van der Waals surface area contributed by atoms with Crippen LogP contribution in [-0.2, 0) is 14.4 Å². The van der Waals surface area contributed by atoms with Crippen LogP contribution in [0.15, 0.2) is 36.4 Å². The van der Waals surface area contributed by atoms with Gasteiger partial charge in [0.05, 0.1) is 17.2 Å². The van der Waals surface area contributed by atoms with E-state index in [4.69, 9.17) is 0 Å². The number of rotatable bonds is 9. The molecule has 12 heteroatoms. The highest BCUT2D eigenvalue weighted by Gasteiger charge is 2.46. The Hall–Kier alpha value is -3.96. The molecule has 1 fully saturated rings. The summed E-state index contributed by atoms with van der Waals surface area (Å²) >= 11 is 0. The first-order valence-electron chi connectivity index (χ1n) is 12.9. The maximum absolute atomic E-state index is 13.6. The Kier molecular flexibility index (Phi) is 9.21. The van der Waals surface area contributed by atoms with Crippen molar-refractivity contribution in [2.75, 3.05) is 6.54 Å². The standard InChI is InChI=1S/C28H32F3N3O6/c1-14(2)21(23(35)28(29,30)31)32-25(37)20-10-7-11-34(20)26(38)22(15(3)4)33-24(36)18-12-16-8-5-6-9-17(16)13-19(18)27(39)40/h5-6,8-9,12-15,20-22H,7,10-11H2,1-4H3,(H,32,37)(H,33,36)(H,39,40)/t20-,21?,22-/m0/s1. The van der Waals surface area contributed by atoms with Crippen molar-refractivity contribution in [3.05, 3.63) is 47.5 Å². The molecule has 0 aliphatic carbocycles. The Morgan fingerprint density at radius 1 is 0.900 bits per heavy atom. The topological polar surface area (TPSA) is 133 Å². The zero-order valence-corrected chi connectivity index (χ0v) is 22.5. The van der Waals surface area contributed by atoms with Crippen molar-refractivity contribution in [3.8, 4) is 0 Å². The monoisotopic (exact) mass is 563 g/mol. The molecule has 0 radical (unpaired) electrons. The predicted octanol–water partition coefficient (Wildman–Crippen LogP) is 3.56. The molecule has 1 aliphatic heterocycles. The number of carboxylic acid groups (broad SMARTS) is 1. The van der Waals surface area contributed by atoms with E-state index in [1.807, 2.05) is 0 Å². The fraction of sp³-hybridized carbons (Fsp3) is 0.464. The third-order valence-corrected chi connectivity index (χ3v) is 6.95. The van der Waals surface area contributed by atoms with Crippen LogP contribution in [0, 0.1) is 11.8 Å². The molecule has 1 saturated heterocycles. The molecule has 0 spiro atoms. The number of alkyl halides is 3. The molecule has 1 unspecified atom stereocenters. The number of hydrogen-bond acceptors (Lipinski definition) is 5. The van der Waals surface area contributed by atoms with Crippen LogP contribution in [0.3, 0.4) is 0 Å². The summed E-state index contributed by atoms with van der Waals surface area (Å²) in [5.41, 5.74) is -0.399. The summed E-state index contributed by atoms with van der Waals surface area (Å²) in [6.07, 6.45) is -4.59. The highest BCUT2D eigenvalue weighted by atomic mass is 19.4. The van der Waals surface area contributed by atoms with Crippen LogP contribution in [0.2, 0.25) is 0 Å². The SMILES string of the molecule is CC(C)C(NC(=O)[C@@H]1CCCN1C(=O)[C@@H](NC(=O)c1cc2ccccc2cc1C(=O)O)C(C)C)C(=O)C(F)(F)F. The molecule has 3 N–H and O–H groups in total. The minimum absolute atomic E-state index is 0.117. The lowest BCUT2D eigenvalue weighted by Crippen LogP contribution is -2.58. The summed E-state index contributed by atoms with van der Waals surface area (Å²) in [6.45, 7) is 6.17. The van der Waals surface area contributed by atoms with Crippen molar-refractivity contribution in [3.63, 3.8) is 0 Å². The van der Waals surface area contributed by atoms with Gasteiger partial charge in [0.15, 0.2) is 0 Å². The average molecular weight is 564 g/mol. The highest BCUT2D eigenvalue weighted by molar-refractivity contribution is 6.09. The first-order valence-corrected chi connectivity index (χ1v) is 12.9. The van der Waals surface area contributed by atoms with Crippen molar-refractivity contribution in [2.24, 2.45) is 11.8 Å². The molecule has 1 heterocycles. The molecule has 40 heavy (non-hydrogen) atoms. The number of aromatic carboxylic acids is 1. The van der Waals surface area contributed by atoms with Crippen molar-refractivity contribution < 1.29 is 42.3 Å². The van der Waals surface area contributed by atoms with Gasteiger partial charge in [-0.1, -0.05) is 52.0 Å². The smallest absolute Gasteiger partial charge is 0.452 e. The molecule has 1 aliphatic rings. The lowest BCUT2D eigenvalue weighted by atomic mass is 9.97. The molecule has 3 rings (SSSR count). The first-order chi connectivity index (χ1) is 18.6. The second-order valence-corrected chi connectivity index (χ2v) is 10.5. The van der Waals surface area contributed by atoms with Crippen LogP contribution in [0.25, 0.3) is 10.8 Å². The number of halogens is 3. The van der Waals surface area contributed by atoms with Crippen LogP contribution in [0.1, 0.15) is 61.3 Å². The van der Waals surface area contributed by atoms with E-state index < -0.39 is 65.6 Å². The van der Waals surface area contributed by atoms with Crippen molar-refractivity contribution in [2.45, 2.75) is 64.8 Å². The second-order valence-electron chi connectivity index (χ2n) is 10.5. The van der Waals surface area contributed by atoms with Crippen LogP contribution in [0.4, 0.5) is 13.2 Å². The molecule has 2 aromatic carbocycles. The minimum Gasteiger partial charge on any atom is -0.478 e. The lowest BCUT2D eigenvalue weighted by molar-refractivity contribution is -0.175. The van der Waals surface area contributed by atoms with Crippen LogP contribution >= 0.6 is 0 Å². The van der Waals surface area contributed by atoms with Crippen LogP contribution < -0.4 is 10.6 Å². The summed E-state index contributed by atoms with van der Waals surface area (Å²) in [6, 6.07) is 5.56. The number of carboxylic acids is 1. The van der Waals surface area contributed by atoms with E-state index in [9.17, 15) is 42.3 Å². The molecule has 9 nitrogen and oxygen atoms in total. The quantitative estimate of drug-likeness (QED) is 0.428. The first kappa shape index (κ1) is 30.6. The molecule has 0 bridgehead atoms. The number of amides is 3. The van der Waals surface area contributed by atoms with E-state index in [1.54, 1.807) is 38.1 Å². The summed E-state index contributed by atoms with van der Waals surface area (Å²) in [4.78, 5) is 64.8. The third kappa shape index (κ3) is 6.60. The number of likely N-dealkylation sites (tertiary alicyclic amines) is 1. The maximum atomic E-state index is 13.6. The van der Waals surface area contributed by atoms with Gasteiger partial charge in [-0.3, -0.25) is 19.2 Å². The van der Waals surface area contributed by atoms with E-state index in [0.29, 0.717) is 17.2 Å². The molecular formula is C28H32F3N3O6. The largest absolute Gasteiger partial charge is 0.478 e. The highest BCUT2D eigenvalue weighted by Crippen LogP contribution is 2.25. The zero-order valence-electron chi connectivity index (χ0n) is 22.5. The van der Waals surface area contributed by atoms with Crippen molar-refractivity contribution in [1.29, 1.82) is 0 Å². The van der Waals surface area contributed by atoms with Gasteiger partial charge in [-0.05, 0) is 47.6 Å². The van der Waals surface area contributed by atoms with E-state index in [-0.39, 0.29) is 24.1 Å². The molecule has 2 aromatic rings. The summed E-state index contributed by atoms with van der Waals surface area (Å²) in [5, 5.41) is 15.7. The van der Waals surface area contributed by atoms with Gasteiger partial charge < -0.3 is 20.6 Å². The number of fused-ring (bicyclic) bond motifs is 1. The molecule has 216 valence electrons. The Balaban J connectivity index is 1.84. The minimum atomic E-state index is -5.14. The van der Waals surface area contributed by atoms with E-state index in [0.717, 1.165) is 0 Å². The molecule has 0 saturated carbocycles. The second kappa shape index (κ2) is 12.1. The predicted molar refractivity (Wildman–Crippen MR) is 140 cm³/mol. The van der Waals surface area contributed by atoms with Gasteiger partial charge in [0.2, 0.25) is 11.8 Å². The fourth-order valence-electron chi connectivity index (χ4n) is 4.78. The summed E-state index contributed by atoms with van der Waals surface area (Å²) < 4.78 is 39.2. The Morgan fingerprint density at radius 3 is 1.95 bits per heavy atom. The Morgan fingerprint density at radius 2 is 1.45 bits per heavy atom. The number of benzene rings is 2. The fourth-order valence-corrected chi connectivity index (χ4v) is 4.78. The average Bonchev–Trinajstić information content (AvgIpc) is 3.37. The molecule has 0 aromatic heterocycles. The number of ketones is 1. The van der Waals surface area contributed by atoms with Gasteiger partial charge in [0.1, 0.15) is 12.1 Å². The number of nitrogens with one attached hydrogen (secondary N) is 2. The van der Waals surface area contributed by atoms with Gasteiger partial charge in [0, 0.05) is 6.54 Å². The number of hydrogen-bond donors (Lipinski definition) is 3.